The van der Waals surface area contributed by atoms with Gasteiger partial charge >= 0.3 is 5.79 Å². The molecule has 0 amide bonds. The molecule has 0 aromatic carbocycles. The smallest absolute Gasteiger partial charge is 0.302 e. The molecule has 256 valence electrons. The predicted molar refractivity (Wildman–Crippen MR) is 199 cm³/mol. The molecular weight excluding hydrogens is 657 g/mol. The Morgan fingerprint density at radius 1 is 0.577 bits per heavy atom. The summed E-state index contributed by atoms with van der Waals surface area (Å²) in [6.45, 7) is 2.24. The Labute approximate surface area is 296 Å². The fraction of sp³-hybridized carbons (Fsp3) is 0.333. The molecule has 0 atom stereocenters. The summed E-state index contributed by atoms with van der Waals surface area (Å²) < 4.78 is 8.77. The van der Waals surface area contributed by atoms with Crippen LogP contribution in [0.4, 0.5) is 23.3 Å². The molecule has 12 rings (SSSR count). The fourth-order valence-electron chi connectivity index (χ4n) is 8.28. The second kappa shape index (κ2) is 10.7. The Morgan fingerprint density at radius 2 is 1.04 bits per heavy atom. The minimum absolute atomic E-state index is 0.344. The van der Waals surface area contributed by atoms with Gasteiger partial charge in [-0.25, -0.2) is 34.5 Å². The first-order valence-corrected chi connectivity index (χ1v) is 17.8. The number of hydrogen-bond donors (Lipinski definition) is 2. The van der Waals surface area contributed by atoms with Crippen molar-refractivity contribution in [3.63, 3.8) is 0 Å². The number of H-pyrrole nitrogens is 1. The van der Waals surface area contributed by atoms with E-state index in [2.05, 4.69) is 67.7 Å². The van der Waals surface area contributed by atoms with Crippen LogP contribution in [0.3, 0.4) is 0 Å². The number of nitrogens with two attached hydrogens (primary N) is 1. The van der Waals surface area contributed by atoms with Crippen LogP contribution < -0.4 is 16.7 Å². The van der Waals surface area contributed by atoms with Crippen LogP contribution in [0.25, 0.3) is 0 Å². The number of fused-ring (bicyclic) bond motifs is 8. The Bertz CT molecular complexity index is 2500. The van der Waals surface area contributed by atoms with Crippen LogP contribution in [0.15, 0.2) is 98.5 Å². The molecule has 3 aromatic rings. The van der Waals surface area contributed by atoms with Gasteiger partial charge in [0.15, 0.2) is 0 Å². The highest BCUT2D eigenvalue weighted by Crippen LogP contribution is 2.44. The highest BCUT2D eigenvalue weighted by atomic mass is 15.6. The van der Waals surface area contributed by atoms with Crippen LogP contribution in [0.5, 0.6) is 0 Å². The first-order chi connectivity index (χ1) is 25.4. The molecule has 0 spiro atoms. The quantitative estimate of drug-likeness (QED) is 0.338. The molecule has 0 unspecified atom stereocenters. The summed E-state index contributed by atoms with van der Waals surface area (Å²) in [7, 11) is 1.95. The summed E-state index contributed by atoms with van der Waals surface area (Å²) in [5.74, 6) is 10.4. The molecule has 16 heteroatoms. The third-order valence-corrected chi connectivity index (χ3v) is 10.7. The van der Waals surface area contributed by atoms with Crippen LogP contribution in [0, 0.1) is 0 Å². The molecule has 3 aromatic heterocycles. The Morgan fingerprint density at radius 3 is 1.54 bits per heavy atom. The van der Waals surface area contributed by atoms with Crippen molar-refractivity contribution in [2.24, 2.45) is 62.7 Å². The monoisotopic (exact) mass is 690 g/mol. The Kier molecular flexibility index (Phi) is 6.07. The van der Waals surface area contributed by atoms with Crippen LogP contribution in [-0.4, -0.2) is 87.4 Å². The van der Waals surface area contributed by atoms with E-state index in [1.54, 1.807) is 0 Å². The van der Waals surface area contributed by atoms with E-state index in [1.165, 1.54) is 0 Å². The first-order valence-electron chi connectivity index (χ1n) is 17.8. The minimum atomic E-state index is -0.481. The third-order valence-electron chi connectivity index (χ3n) is 10.7. The summed E-state index contributed by atoms with van der Waals surface area (Å²) in [5.41, 5.74) is 9.56. The normalized spacial score (nSPS) is 25.5. The van der Waals surface area contributed by atoms with Gasteiger partial charge in [-0.1, -0.05) is 20.0 Å². The van der Waals surface area contributed by atoms with Crippen molar-refractivity contribution in [3.05, 3.63) is 59.5 Å². The van der Waals surface area contributed by atoms with E-state index in [0.29, 0.717) is 0 Å². The molecule has 0 saturated heterocycles. The highest BCUT2D eigenvalue weighted by molar-refractivity contribution is 6.30. The predicted octanol–water partition coefficient (Wildman–Crippen LogP) is 3.16. The standard InChI is InChI=1S/C18H15N8.C18H18N8/c1-18-24-12-4-6-14(24)22-16-8-9-17(26(16)18)23-15-7-5-13(25(15)18)21-11-3-2-10(19-11)20-12;1-26-16-8-9-17(26)25-15-7-5-13(23-15)21-11-3-2-10(18(11)19)20-12-4-6-14(22-12)24-16/h2-3,8-9H,4-7H2,1H3;2-3,8-9,18H,4-7,19H2,1H3/q+1;/p+1. The number of nitrogens with zero attached hydrogens (tertiary/aromatic N) is 14. The maximum Gasteiger partial charge on any atom is 0.302 e. The van der Waals surface area contributed by atoms with E-state index in [0.717, 1.165) is 144 Å². The summed E-state index contributed by atoms with van der Waals surface area (Å²) in [6, 6.07) is 11.7. The van der Waals surface area contributed by atoms with Crippen LogP contribution in [-0.2, 0) is 12.8 Å². The number of amidine groups is 8. The molecule has 11 heterocycles. The average Bonchev–Trinajstić information content (AvgIpc) is 3.98. The lowest BCUT2D eigenvalue weighted by atomic mass is 10.2. The van der Waals surface area contributed by atoms with Gasteiger partial charge in [0.05, 0.1) is 17.5 Å². The zero-order valence-corrected chi connectivity index (χ0v) is 28.7. The van der Waals surface area contributed by atoms with Gasteiger partial charge in [0, 0.05) is 89.6 Å². The van der Waals surface area contributed by atoms with E-state index in [9.17, 15) is 0 Å². The topological polar surface area (TPSA) is 181 Å². The average molecular weight is 691 g/mol. The maximum absolute atomic E-state index is 6.30. The number of hydrogen-bond acceptors (Lipinski definition) is 11. The summed E-state index contributed by atoms with van der Waals surface area (Å²) in [6.07, 6.45) is 10.5. The molecule has 16 nitrogen and oxygen atoms in total. The second-order valence-electron chi connectivity index (χ2n) is 14.0. The molecule has 0 radical (unpaired) electrons. The van der Waals surface area contributed by atoms with Gasteiger partial charge in [0.2, 0.25) is 46.0 Å². The van der Waals surface area contributed by atoms with Crippen LogP contribution in [0.2, 0.25) is 0 Å². The molecule has 9 aliphatic rings. The van der Waals surface area contributed by atoms with Gasteiger partial charge in [-0.05, 0) is 24.3 Å². The lowest BCUT2D eigenvalue weighted by Crippen LogP contribution is -2.58. The van der Waals surface area contributed by atoms with Crippen LogP contribution in [0.1, 0.15) is 58.3 Å². The van der Waals surface area contributed by atoms with Crippen molar-refractivity contribution in [1.82, 2.24) is 14.1 Å². The van der Waals surface area contributed by atoms with Crippen molar-refractivity contribution in [2.75, 3.05) is 0 Å². The first kappa shape index (κ1) is 29.6. The van der Waals surface area contributed by atoms with E-state index in [4.69, 9.17) is 25.7 Å². The van der Waals surface area contributed by atoms with Crippen molar-refractivity contribution in [3.8, 4) is 0 Å². The summed E-state index contributed by atoms with van der Waals surface area (Å²) >= 11 is 0. The van der Waals surface area contributed by atoms with Gasteiger partial charge in [-0.15, -0.1) is 0 Å². The minimum Gasteiger partial charge on any atom is -0.318 e. The third kappa shape index (κ3) is 4.36. The van der Waals surface area contributed by atoms with E-state index >= 15 is 0 Å². The number of aliphatic imine (C=N–C) groups is 8. The number of nitrogens with one attached hydrogen (secondary N) is 1. The van der Waals surface area contributed by atoms with Crippen molar-refractivity contribution in [2.45, 2.75) is 70.1 Å². The Hall–Kier alpha value is -6.16. The summed E-state index contributed by atoms with van der Waals surface area (Å²) in [5, 5.41) is 0. The fourth-order valence-corrected chi connectivity index (χ4v) is 8.28. The molecule has 52 heavy (non-hydrogen) atoms. The van der Waals surface area contributed by atoms with Crippen molar-refractivity contribution in [1.29, 1.82) is 0 Å². The van der Waals surface area contributed by atoms with E-state index in [-0.39, 0.29) is 6.04 Å². The SMILES string of the molecule is CC12n3c4ccc3N=C3CCC(=[N+]31)N=c1ccc([nH]1)=NC1=[N+]2C(=N4)CC1.Cn1c2ccc1N=C1CCC(=N1)N=C1C=CC(=NC3=NC(=N2)CC3)C1N. The molecule has 0 fully saturated rings. The van der Waals surface area contributed by atoms with Gasteiger partial charge in [-0.2, -0.15) is 9.15 Å². The van der Waals surface area contributed by atoms with Gasteiger partial charge in [0.1, 0.15) is 35.0 Å². The lowest BCUT2D eigenvalue weighted by Gasteiger charge is -2.36. The van der Waals surface area contributed by atoms with E-state index in [1.807, 2.05) is 48.0 Å². The van der Waals surface area contributed by atoms with Gasteiger partial charge < -0.3 is 10.3 Å². The van der Waals surface area contributed by atoms with Crippen molar-refractivity contribution >= 4 is 81.4 Å². The largest absolute Gasteiger partial charge is 0.318 e. The molecular formula is C36H34N16+2. The number of rotatable bonds is 0. The molecule has 8 aliphatic heterocycles. The zero-order chi connectivity index (χ0) is 34.7. The number of aromatic nitrogens is 3. The van der Waals surface area contributed by atoms with Crippen molar-refractivity contribution < 1.29 is 9.15 Å². The van der Waals surface area contributed by atoms with Crippen LogP contribution >= 0.6 is 0 Å². The Balaban J connectivity index is 0.000000123. The van der Waals surface area contributed by atoms with Gasteiger partial charge in [-0.3, -0.25) is 4.98 Å². The maximum atomic E-state index is 6.30. The molecule has 3 N–H and O–H groups in total. The highest BCUT2D eigenvalue weighted by Gasteiger charge is 2.58. The van der Waals surface area contributed by atoms with Gasteiger partial charge in [0.25, 0.3) is 0 Å². The lowest BCUT2D eigenvalue weighted by molar-refractivity contribution is -0.773. The molecule has 0 saturated carbocycles. The van der Waals surface area contributed by atoms with E-state index < -0.39 is 5.79 Å². The molecule has 1 aliphatic carbocycles. The summed E-state index contributed by atoms with van der Waals surface area (Å²) in [4.78, 5) is 50.7. The molecule has 10 bridgehead atoms. The second-order valence-corrected chi connectivity index (χ2v) is 14.0. The number of aromatic amines is 1. The zero-order valence-electron chi connectivity index (χ0n) is 28.7.